The molecule has 0 amide bonds. The molecular formula is C12H15N3O3. The number of aromatic hydroxyl groups is 1. The highest BCUT2D eigenvalue weighted by atomic mass is 16.5. The van der Waals surface area contributed by atoms with Crippen LogP contribution in [0, 0.1) is 0 Å². The third kappa shape index (κ3) is 3.06. The van der Waals surface area contributed by atoms with Gasteiger partial charge in [0, 0.05) is 7.11 Å². The molecule has 0 aliphatic heterocycles. The second-order valence-electron chi connectivity index (χ2n) is 3.96. The van der Waals surface area contributed by atoms with Crippen molar-refractivity contribution in [1.82, 2.24) is 10.1 Å². The van der Waals surface area contributed by atoms with Gasteiger partial charge in [0.15, 0.2) is 5.82 Å². The van der Waals surface area contributed by atoms with Gasteiger partial charge in [-0.05, 0) is 24.1 Å². The van der Waals surface area contributed by atoms with Gasteiger partial charge in [0.25, 0.3) is 0 Å². The molecular weight excluding hydrogens is 234 g/mol. The monoisotopic (exact) mass is 249 g/mol. The zero-order valence-corrected chi connectivity index (χ0v) is 10.0. The van der Waals surface area contributed by atoms with Crippen molar-refractivity contribution in [1.29, 1.82) is 0 Å². The van der Waals surface area contributed by atoms with Crippen LogP contribution in [-0.2, 0) is 17.8 Å². The fraction of sp³-hybridized carbons (Fsp3) is 0.333. The van der Waals surface area contributed by atoms with Gasteiger partial charge >= 0.3 is 0 Å². The first-order valence-electron chi connectivity index (χ1n) is 5.54. The highest BCUT2D eigenvalue weighted by Gasteiger charge is 2.15. The number of ether oxygens (including phenoxy) is 1. The van der Waals surface area contributed by atoms with Crippen molar-refractivity contribution in [2.75, 3.05) is 7.11 Å². The molecule has 1 aromatic carbocycles. The molecule has 1 atom stereocenters. The smallest absolute Gasteiger partial charge is 0.243 e. The molecule has 0 saturated carbocycles. The number of nitrogens with two attached hydrogens (primary N) is 1. The van der Waals surface area contributed by atoms with E-state index < -0.39 is 0 Å². The average Bonchev–Trinajstić information content (AvgIpc) is 2.81. The third-order valence-electron chi connectivity index (χ3n) is 2.47. The lowest BCUT2D eigenvalue weighted by molar-refractivity contribution is 0.174. The number of phenols is 1. The van der Waals surface area contributed by atoms with E-state index in [0.717, 1.165) is 5.56 Å². The molecule has 0 bridgehead atoms. The molecule has 0 unspecified atom stereocenters. The zero-order chi connectivity index (χ0) is 13.0. The average molecular weight is 249 g/mol. The summed E-state index contributed by atoms with van der Waals surface area (Å²) >= 11 is 0. The van der Waals surface area contributed by atoms with E-state index in [1.807, 2.05) is 12.1 Å². The Bertz CT molecular complexity index is 496. The third-order valence-corrected chi connectivity index (χ3v) is 2.47. The Balaban J connectivity index is 2.02. The van der Waals surface area contributed by atoms with Crippen LogP contribution in [0.4, 0.5) is 0 Å². The van der Waals surface area contributed by atoms with Gasteiger partial charge in [0.1, 0.15) is 12.4 Å². The minimum atomic E-state index is -0.368. The number of methoxy groups -OCH3 is 1. The molecule has 0 aliphatic carbocycles. The molecule has 0 aliphatic rings. The van der Waals surface area contributed by atoms with E-state index >= 15 is 0 Å². The summed E-state index contributed by atoms with van der Waals surface area (Å²) in [6.45, 7) is 0.301. The molecule has 0 fully saturated rings. The molecule has 2 rings (SSSR count). The van der Waals surface area contributed by atoms with Gasteiger partial charge in [-0.25, -0.2) is 0 Å². The van der Waals surface area contributed by atoms with Gasteiger partial charge in [0.05, 0.1) is 6.04 Å². The highest BCUT2D eigenvalue weighted by molar-refractivity contribution is 5.26. The van der Waals surface area contributed by atoms with Crippen LogP contribution in [0.15, 0.2) is 28.8 Å². The molecule has 0 saturated heterocycles. The molecule has 1 aromatic heterocycles. The molecule has 2 aromatic rings. The SMILES string of the molecule is COCc1noc([C@@H](N)Cc2ccc(O)cc2)n1. The largest absolute Gasteiger partial charge is 0.508 e. The maximum Gasteiger partial charge on any atom is 0.243 e. The molecule has 0 radical (unpaired) electrons. The van der Waals surface area contributed by atoms with E-state index in [2.05, 4.69) is 10.1 Å². The molecule has 6 nitrogen and oxygen atoms in total. The quantitative estimate of drug-likeness (QED) is 0.825. The molecule has 1 heterocycles. The maximum atomic E-state index is 9.18. The van der Waals surface area contributed by atoms with Gasteiger partial charge in [-0.1, -0.05) is 17.3 Å². The molecule has 3 N–H and O–H groups in total. The summed E-state index contributed by atoms with van der Waals surface area (Å²) in [7, 11) is 1.56. The number of hydrogen-bond acceptors (Lipinski definition) is 6. The Kier molecular flexibility index (Phi) is 3.91. The second kappa shape index (κ2) is 5.61. The van der Waals surface area contributed by atoms with Crippen molar-refractivity contribution in [3.63, 3.8) is 0 Å². The predicted octanol–water partition coefficient (Wildman–Crippen LogP) is 1.16. The molecule has 0 spiro atoms. The van der Waals surface area contributed by atoms with Gasteiger partial charge in [-0.3, -0.25) is 0 Å². The van der Waals surface area contributed by atoms with Gasteiger partial charge in [0.2, 0.25) is 5.89 Å². The van der Waals surface area contributed by atoms with E-state index in [4.69, 9.17) is 15.0 Å². The lowest BCUT2D eigenvalue weighted by Crippen LogP contribution is -2.13. The standard InChI is InChI=1S/C12H15N3O3/c1-17-7-11-14-12(18-15-11)10(13)6-8-2-4-9(16)5-3-8/h2-5,10,16H,6-7,13H2,1H3/t10-/m0/s1. The van der Waals surface area contributed by atoms with E-state index in [1.54, 1.807) is 19.2 Å². The second-order valence-corrected chi connectivity index (χ2v) is 3.96. The summed E-state index contributed by atoms with van der Waals surface area (Å²) in [4.78, 5) is 4.14. The van der Waals surface area contributed by atoms with Crippen LogP contribution in [0.1, 0.15) is 23.3 Å². The van der Waals surface area contributed by atoms with Crippen molar-refractivity contribution < 1.29 is 14.4 Å². The van der Waals surface area contributed by atoms with E-state index in [1.165, 1.54) is 0 Å². The molecule has 96 valence electrons. The van der Waals surface area contributed by atoms with Gasteiger partial charge < -0.3 is 20.1 Å². The van der Waals surface area contributed by atoms with Crippen molar-refractivity contribution in [2.45, 2.75) is 19.1 Å². The summed E-state index contributed by atoms with van der Waals surface area (Å²) in [5.74, 6) is 1.09. The van der Waals surface area contributed by atoms with Crippen molar-refractivity contribution in [3.8, 4) is 5.75 Å². The van der Waals surface area contributed by atoms with Crippen LogP contribution in [0.5, 0.6) is 5.75 Å². The van der Waals surface area contributed by atoms with Crippen molar-refractivity contribution in [2.24, 2.45) is 5.73 Å². The number of phenolic OH excluding ortho intramolecular Hbond substituents is 1. The lowest BCUT2D eigenvalue weighted by atomic mass is 10.1. The van der Waals surface area contributed by atoms with Gasteiger partial charge in [-0.15, -0.1) is 0 Å². The van der Waals surface area contributed by atoms with Gasteiger partial charge in [-0.2, -0.15) is 4.98 Å². The fourth-order valence-electron chi connectivity index (χ4n) is 1.58. The molecule has 18 heavy (non-hydrogen) atoms. The Labute approximate surface area is 104 Å². The summed E-state index contributed by atoms with van der Waals surface area (Å²) < 4.78 is 9.96. The first-order chi connectivity index (χ1) is 8.69. The number of hydrogen-bond donors (Lipinski definition) is 2. The maximum absolute atomic E-state index is 9.18. The van der Waals surface area contributed by atoms with Crippen LogP contribution < -0.4 is 5.73 Å². The number of rotatable bonds is 5. The minimum Gasteiger partial charge on any atom is -0.508 e. The minimum absolute atomic E-state index is 0.229. The van der Waals surface area contributed by atoms with Crippen LogP contribution >= 0.6 is 0 Å². The Morgan fingerprint density at radius 2 is 2.11 bits per heavy atom. The summed E-state index contributed by atoms with van der Waals surface area (Å²) in [6.07, 6.45) is 0.564. The Morgan fingerprint density at radius 3 is 2.78 bits per heavy atom. The number of aromatic nitrogens is 2. The first kappa shape index (κ1) is 12.5. The number of nitrogens with zero attached hydrogens (tertiary/aromatic N) is 2. The zero-order valence-electron chi connectivity index (χ0n) is 10.0. The van der Waals surface area contributed by atoms with Crippen LogP contribution in [-0.4, -0.2) is 22.4 Å². The summed E-state index contributed by atoms with van der Waals surface area (Å²) in [5.41, 5.74) is 6.97. The fourth-order valence-corrected chi connectivity index (χ4v) is 1.58. The lowest BCUT2D eigenvalue weighted by Gasteiger charge is -2.06. The topological polar surface area (TPSA) is 94.4 Å². The summed E-state index contributed by atoms with van der Waals surface area (Å²) in [5, 5.41) is 12.9. The Morgan fingerprint density at radius 1 is 1.39 bits per heavy atom. The van der Waals surface area contributed by atoms with E-state index in [-0.39, 0.29) is 11.8 Å². The van der Waals surface area contributed by atoms with Crippen LogP contribution in [0.25, 0.3) is 0 Å². The normalized spacial score (nSPS) is 12.6. The van der Waals surface area contributed by atoms with Crippen LogP contribution in [0.3, 0.4) is 0 Å². The highest BCUT2D eigenvalue weighted by Crippen LogP contribution is 2.17. The van der Waals surface area contributed by atoms with Crippen molar-refractivity contribution in [3.05, 3.63) is 41.5 Å². The van der Waals surface area contributed by atoms with E-state index in [0.29, 0.717) is 24.7 Å². The predicted molar refractivity (Wildman–Crippen MR) is 63.8 cm³/mol. The van der Waals surface area contributed by atoms with Crippen molar-refractivity contribution >= 4 is 0 Å². The molecule has 6 heteroatoms. The number of benzene rings is 1. The summed E-state index contributed by atoms with van der Waals surface area (Å²) in [6, 6.07) is 6.48. The van der Waals surface area contributed by atoms with Crippen LogP contribution in [0.2, 0.25) is 0 Å². The van der Waals surface area contributed by atoms with E-state index in [9.17, 15) is 5.11 Å². The first-order valence-corrected chi connectivity index (χ1v) is 5.54. The Hall–Kier alpha value is -1.92.